The Bertz CT molecular complexity index is 945. The van der Waals surface area contributed by atoms with Crippen LogP contribution in [0.1, 0.15) is 15.9 Å². The highest BCUT2D eigenvalue weighted by atomic mass is 16.7. The van der Waals surface area contributed by atoms with E-state index in [0.717, 1.165) is 5.56 Å². The van der Waals surface area contributed by atoms with E-state index in [1.54, 1.807) is 6.07 Å². The molecule has 0 aromatic heterocycles. The topological polar surface area (TPSA) is 121 Å². The van der Waals surface area contributed by atoms with Crippen molar-refractivity contribution in [1.82, 2.24) is 5.32 Å². The molecule has 8 heteroatoms. The van der Waals surface area contributed by atoms with Gasteiger partial charge in [0.1, 0.15) is 11.6 Å². The van der Waals surface area contributed by atoms with Gasteiger partial charge in [-0.1, -0.05) is 6.07 Å². The van der Waals surface area contributed by atoms with Crippen LogP contribution in [0.2, 0.25) is 0 Å². The highest BCUT2D eigenvalue weighted by molar-refractivity contribution is 6.06. The molecule has 3 rings (SSSR count). The van der Waals surface area contributed by atoms with Gasteiger partial charge in [0.25, 0.3) is 5.91 Å². The van der Waals surface area contributed by atoms with Crippen molar-refractivity contribution in [3.05, 3.63) is 65.4 Å². The van der Waals surface area contributed by atoms with Gasteiger partial charge in [-0.2, -0.15) is 5.26 Å². The maximum absolute atomic E-state index is 12.2. The number of carbonyl (C=O) groups excluding carboxylic acids is 1. The van der Waals surface area contributed by atoms with Crippen LogP contribution in [-0.2, 0) is 11.3 Å². The summed E-state index contributed by atoms with van der Waals surface area (Å²) in [7, 11) is 0. The van der Waals surface area contributed by atoms with Gasteiger partial charge in [-0.3, -0.25) is 4.79 Å². The fourth-order valence-corrected chi connectivity index (χ4v) is 2.37. The number of carboxylic acids is 1. The number of hydrogen-bond acceptors (Lipinski definition) is 6. The molecule has 8 nitrogen and oxygen atoms in total. The van der Waals surface area contributed by atoms with Crippen molar-refractivity contribution in [2.45, 2.75) is 6.54 Å². The summed E-state index contributed by atoms with van der Waals surface area (Å²) in [5.41, 5.74) is 1.28. The number of carboxylic acid groups (broad SMARTS) is 1. The molecule has 0 atom stereocenters. The number of fused-ring (bicyclic) bond motifs is 1. The third-order valence-corrected chi connectivity index (χ3v) is 3.74. The zero-order valence-electron chi connectivity index (χ0n) is 14.1. The van der Waals surface area contributed by atoms with Gasteiger partial charge < -0.3 is 25.2 Å². The number of anilines is 1. The third-order valence-electron chi connectivity index (χ3n) is 3.74. The average molecular weight is 365 g/mol. The van der Waals surface area contributed by atoms with E-state index in [-0.39, 0.29) is 17.9 Å². The molecule has 2 aromatic rings. The molecule has 136 valence electrons. The number of hydrogen-bond donors (Lipinski definition) is 3. The van der Waals surface area contributed by atoms with Crippen molar-refractivity contribution >= 4 is 17.6 Å². The van der Waals surface area contributed by atoms with Crippen LogP contribution in [0.5, 0.6) is 11.5 Å². The zero-order chi connectivity index (χ0) is 19.2. The number of nitrogens with zero attached hydrogens (tertiary/aromatic N) is 1. The molecule has 0 saturated carbocycles. The van der Waals surface area contributed by atoms with E-state index in [1.165, 1.54) is 30.5 Å². The number of carbonyl (C=O) groups is 2. The first-order chi connectivity index (χ1) is 13.1. The molecule has 1 amide bonds. The van der Waals surface area contributed by atoms with E-state index in [9.17, 15) is 14.9 Å². The SMILES string of the molecule is N#C/C(=C/NCc1ccc2c(c1)OCO2)C(=O)Nc1ccc(C(=O)O)cc1. The molecule has 27 heavy (non-hydrogen) atoms. The van der Waals surface area contributed by atoms with E-state index < -0.39 is 11.9 Å². The Balaban J connectivity index is 1.59. The minimum absolute atomic E-state index is 0.106. The molecule has 1 heterocycles. The van der Waals surface area contributed by atoms with Gasteiger partial charge in [-0.15, -0.1) is 0 Å². The number of aromatic carboxylic acids is 1. The second kappa shape index (κ2) is 7.93. The number of ether oxygens (including phenoxy) is 2. The fourth-order valence-electron chi connectivity index (χ4n) is 2.37. The second-order valence-corrected chi connectivity index (χ2v) is 5.57. The van der Waals surface area contributed by atoms with Crippen LogP contribution < -0.4 is 20.1 Å². The fraction of sp³-hybridized carbons (Fsp3) is 0.105. The zero-order valence-corrected chi connectivity index (χ0v) is 14.1. The van der Waals surface area contributed by atoms with E-state index in [2.05, 4.69) is 10.6 Å². The van der Waals surface area contributed by atoms with Crippen molar-refractivity contribution in [2.24, 2.45) is 0 Å². The summed E-state index contributed by atoms with van der Waals surface area (Å²) in [5, 5.41) is 23.5. The molecule has 2 aromatic carbocycles. The van der Waals surface area contributed by atoms with Crippen molar-refractivity contribution < 1.29 is 24.2 Å². The lowest BCUT2D eigenvalue weighted by atomic mass is 10.2. The molecule has 0 unspecified atom stereocenters. The smallest absolute Gasteiger partial charge is 0.335 e. The van der Waals surface area contributed by atoms with Crippen molar-refractivity contribution in [3.8, 4) is 17.6 Å². The number of nitriles is 1. The van der Waals surface area contributed by atoms with Gasteiger partial charge >= 0.3 is 5.97 Å². The predicted molar refractivity (Wildman–Crippen MR) is 95.1 cm³/mol. The Morgan fingerprint density at radius 3 is 2.59 bits per heavy atom. The number of rotatable bonds is 6. The van der Waals surface area contributed by atoms with Crippen molar-refractivity contribution in [3.63, 3.8) is 0 Å². The molecule has 0 saturated heterocycles. The number of nitrogens with one attached hydrogen (secondary N) is 2. The van der Waals surface area contributed by atoms with E-state index in [0.29, 0.717) is 23.7 Å². The average Bonchev–Trinajstić information content (AvgIpc) is 3.13. The van der Waals surface area contributed by atoms with E-state index in [4.69, 9.17) is 14.6 Å². The van der Waals surface area contributed by atoms with Crippen molar-refractivity contribution in [1.29, 1.82) is 5.26 Å². The predicted octanol–water partition coefficient (Wildman–Crippen LogP) is 2.25. The lowest BCUT2D eigenvalue weighted by Gasteiger charge is -2.06. The largest absolute Gasteiger partial charge is 0.478 e. The number of amides is 1. The van der Waals surface area contributed by atoms with Crippen LogP contribution in [0, 0.1) is 11.3 Å². The third kappa shape index (κ3) is 4.35. The lowest BCUT2D eigenvalue weighted by molar-refractivity contribution is -0.112. The van der Waals surface area contributed by atoms with Gasteiger partial charge in [0.2, 0.25) is 6.79 Å². The molecule has 3 N–H and O–H groups in total. The molecule has 0 spiro atoms. The number of benzene rings is 2. The molecular formula is C19H15N3O5. The summed E-state index contributed by atoms with van der Waals surface area (Å²) in [6.07, 6.45) is 1.32. The van der Waals surface area contributed by atoms with Gasteiger partial charge in [-0.25, -0.2) is 4.79 Å². The minimum Gasteiger partial charge on any atom is -0.478 e. The van der Waals surface area contributed by atoms with Gasteiger partial charge in [-0.05, 0) is 42.0 Å². The van der Waals surface area contributed by atoms with Crippen LogP contribution >= 0.6 is 0 Å². The summed E-state index contributed by atoms with van der Waals surface area (Å²) < 4.78 is 10.5. The summed E-state index contributed by atoms with van der Waals surface area (Å²) in [5.74, 6) is -0.321. The van der Waals surface area contributed by atoms with Crippen LogP contribution in [0.15, 0.2) is 54.2 Å². The van der Waals surface area contributed by atoms with E-state index >= 15 is 0 Å². The molecule has 1 aliphatic rings. The monoisotopic (exact) mass is 365 g/mol. The first kappa shape index (κ1) is 17.8. The van der Waals surface area contributed by atoms with Crippen LogP contribution in [0.25, 0.3) is 0 Å². The maximum atomic E-state index is 12.2. The molecular weight excluding hydrogens is 350 g/mol. The summed E-state index contributed by atoms with van der Waals surface area (Å²) >= 11 is 0. The highest BCUT2D eigenvalue weighted by Gasteiger charge is 2.13. The highest BCUT2D eigenvalue weighted by Crippen LogP contribution is 2.32. The Kier molecular flexibility index (Phi) is 5.23. The molecule has 0 fully saturated rings. The minimum atomic E-state index is -1.06. The van der Waals surface area contributed by atoms with Crippen molar-refractivity contribution in [2.75, 3.05) is 12.1 Å². The molecule has 0 radical (unpaired) electrons. The van der Waals surface area contributed by atoms with Crippen LogP contribution in [0.3, 0.4) is 0 Å². The molecule has 0 bridgehead atoms. The first-order valence-corrected chi connectivity index (χ1v) is 7.93. The molecule has 0 aliphatic carbocycles. The van der Waals surface area contributed by atoms with E-state index in [1.807, 2.05) is 18.2 Å². The Labute approximate surface area is 154 Å². The van der Waals surface area contributed by atoms with Gasteiger partial charge in [0.15, 0.2) is 11.5 Å². The standard InChI is InChI=1S/C19H15N3O5/c20-8-14(18(23)22-15-4-2-13(3-5-15)19(24)25)10-21-9-12-1-6-16-17(7-12)27-11-26-16/h1-7,10,21H,9,11H2,(H,22,23)(H,24,25)/b14-10-. The first-order valence-electron chi connectivity index (χ1n) is 7.93. The Morgan fingerprint density at radius 2 is 1.89 bits per heavy atom. The van der Waals surface area contributed by atoms with Crippen LogP contribution in [0.4, 0.5) is 5.69 Å². The van der Waals surface area contributed by atoms with Gasteiger partial charge in [0, 0.05) is 18.4 Å². The summed E-state index contributed by atoms with van der Waals surface area (Å²) in [6.45, 7) is 0.584. The van der Waals surface area contributed by atoms with Crippen LogP contribution in [-0.4, -0.2) is 23.8 Å². The second-order valence-electron chi connectivity index (χ2n) is 5.57. The summed E-state index contributed by atoms with van der Waals surface area (Å²) in [4.78, 5) is 23.0. The quantitative estimate of drug-likeness (QED) is 0.530. The Hall–Kier alpha value is -3.99. The maximum Gasteiger partial charge on any atom is 0.335 e. The molecule has 1 aliphatic heterocycles. The van der Waals surface area contributed by atoms with Gasteiger partial charge in [0.05, 0.1) is 5.56 Å². The normalized spacial score (nSPS) is 12.2. The lowest BCUT2D eigenvalue weighted by Crippen LogP contribution is -2.16. The summed E-state index contributed by atoms with van der Waals surface area (Å²) in [6, 6.07) is 12.9. The Morgan fingerprint density at radius 1 is 1.15 bits per heavy atom.